The minimum Gasteiger partial charge on any atom is -0.367 e. The van der Waals surface area contributed by atoms with Crippen LogP contribution in [0.15, 0.2) is 24.5 Å². The summed E-state index contributed by atoms with van der Waals surface area (Å²) in [4.78, 5) is 10.8. The SMILES string of the molecule is Cc1ccc2ncnc(NC3CCC(N4CCC[C@H](C(F)(F)F)C4)CC3)c2c1. The summed E-state index contributed by atoms with van der Waals surface area (Å²) < 4.78 is 39.3. The smallest absolute Gasteiger partial charge is 0.367 e. The minimum absolute atomic E-state index is 0.169. The van der Waals surface area contributed by atoms with Crippen LogP contribution in [0.25, 0.3) is 10.9 Å². The molecular weight excluding hydrogens is 365 g/mol. The third-order valence-corrected chi connectivity index (χ3v) is 6.26. The molecule has 2 fully saturated rings. The Kier molecular flexibility index (Phi) is 5.45. The van der Waals surface area contributed by atoms with Gasteiger partial charge < -0.3 is 5.32 Å². The lowest BCUT2D eigenvalue weighted by Crippen LogP contribution is -2.48. The number of anilines is 1. The molecule has 0 radical (unpaired) electrons. The van der Waals surface area contributed by atoms with Crippen LogP contribution in [0.3, 0.4) is 0 Å². The molecule has 2 heterocycles. The van der Waals surface area contributed by atoms with Gasteiger partial charge in [0.15, 0.2) is 0 Å². The average Bonchev–Trinajstić information content (AvgIpc) is 2.68. The quantitative estimate of drug-likeness (QED) is 0.804. The summed E-state index contributed by atoms with van der Waals surface area (Å²) in [6.07, 6.45) is 2.21. The zero-order chi connectivity index (χ0) is 19.7. The number of rotatable bonds is 3. The van der Waals surface area contributed by atoms with Crippen LogP contribution in [0.4, 0.5) is 19.0 Å². The van der Waals surface area contributed by atoms with E-state index in [-0.39, 0.29) is 19.0 Å². The maximum Gasteiger partial charge on any atom is 0.393 e. The van der Waals surface area contributed by atoms with Gasteiger partial charge in [0.1, 0.15) is 12.1 Å². The van der Waals surface area contributed by atoms with Crippen molar-refractivity contribution in [1.29, 1.82) is 0 Å². The van der Waals surface area contributed by atoms with Crippen molar-refractivity contribution in [1.82, 2.24) is 14.9 Å². The van der Waals surface area contributed by atoms with Gasteiger partial charge in [-0.25, -0.2) is 9.97 Å². The number of piperidine rings is 1. The molecule has 1 atom stereocenters. The fourth-order valence-electron chi connectivity index (χ4n) is 4.67. The van der Waals surface area contributed by atoms with Crippen molar-refractivity contribution in [2.24, 2.45) is 5.92 Å². The normalized spacial score (nSPS) is 27.1. The highest BCUT2D eigenvalue weighted by Gasteiger charge is 2.43. The summed E-state index contributed by atoms with van der Waals surface area (Å²) in [7, 11) is 0. The predicted molar refractivity (Wildman–Crippen MR) is 104 cm³/mol. The average molecular weight is 392 g/mol. The first kappa shape index (κ1) is 19.4. The first-order valence-corrected chi connectivity index (χ1v) is 10.2. The summed E-state index contributed by atoms with van der Waals surface area (Å²) in [6, 6.07) is 6.71. The molecule has 1 saturated carbocycles. The molecule has 152 valence electrons. The minimum atomic E-state index is -4.07. The van der Waals surface area contributed by atoms with E-state index in [9.17, 15) is 13.2 Å². The zero-order valence-electron chi connectivity index (χ0n) is 16.2. The molecule has 7 heteroatoms. The van der Waals surface area contributed by atoms with Crippen LogP contribution >= 0.6 is 0 Å². The fourth-order valence-corrected chi connectivity index (χ4v) is 4.67. The van der Waals surface area contributed by atoms with E-state index in [0.717, 1.165) is 48.9 Å². The third-order valence-electron chi connectivity index (χ3n) is 6.26. The summed E-state index contributed by atoms with van der Waals surface area (Å²) in [5.74, 6) is -0.306. The van der Waals surface area contributed by atoms with Crippen molar-refractivity contribution in [3.05, 3.63) is 30.1 Å². The second-order valence-corrected chi connectivity index (χ2v) is 8.27. The van der Waals surface area contributed by atoms with E-state index in [1.54, 1.807) is 6.33 Å². The maximum atomic E-state index is 13.1. The second-order valence-electron chi connectivity index (χ2n) is 8.27. The molecule has 4 rings (SSSR count). The van der Waals surface area contributed by atoms with E-state index in [1.165, 1.54) is 5.56 Å². The van der Waals surface area contributed by atoms with E-state index in [2.05, 4.69) is 26.3 Å². The summed E-state index contributed by atoms with van der Waals surface area (Å²) in [6.45, 7) is 3.02. The van der Waals surface area contributed by atoms with Crippen LogP contribution in [0.5, 0.6) is 0 Å². The Labute approximate surface area is 163 Å². The number of benzene rings is 1. The van der Waals surface area contributed by atoms with Gasteiger partial charge in [-0.1, -0.05) is 11.6 Å². The van der Waals surface area contributed by atoms with Crippen LogP contribution in [-0.4, -0.2) is 46.2 Å². The molecule has 2 aromatic rings. The number of hydrogen-bond donors (Lipinski definition) is 1. The third kappa shape index (κ3) is 4.24. The highest BCUT2D eigenvalue weighted by molar-refractivity contribution is 5.89. The number of alkyl halides is 3. The number of hydrogen-bond acceptors (Lipinski definition) is 4. The second kappa shape index (κ2) is 7.85. The van der Waals surface area contributed by atoms with E-state index < -0.39 is 12.1 Å². The molecule has 1 aromatic carbocycles. The number of aryl methyl sites for hydroxylation is 1. The first-order valence-electron chi connectivity index (χ1n) is 10.2. The van der Waals surface area contributed by atoms with Gasteiger partial charge >= 0.3 is 6.18 Å². The molecule has 0 spiro atoms. The summed E-state index contributed by atoms with van der Waals surface area (Å²) in [5, 5.41) is 4.58. The van der Waals surface area contributed by atoms with Crippen molar-refractivity contribution in [3.63, 3.8) is 0 Å². The Hall–Kier alpha value is -1.89. The van der Waals surface area contributed by atoms with Crippen LogP contribution in [-0.2, 0) is 0 Å². The lowest BCUT2D eigenvalue weighted by molar-refractivity contribution is -0.189. The molecule has 0 bridgehead atoms. The van der Waals surface area contributed by atoms with Gasteiger partial charge in [-0.3, -0.25) is 4.90 Å². The summed E-state index contributed by atoms with van der Waals surface area (Å²) in [5.41, 5.74) is 2.08. The Morgan fingerprint density at radius 1 is 1.07 bits per heavy atom. The van der Waals surface area contributed by atoms with Crippen LogP contribution in [0.1, 0.15) is 44.1 Å². The lowest BCUT2D eigenvalue weighted by atomic mass is 9.87. The fraction of sp³-hybridized carbons (Fsp3) is 0.619. The number of nitrogens with one attached hydrogen (secondary N) is 1. The zero-order valence-corrected chi connectivity index (χ0v) is 16.2. The molecule has 2 aliphatic rings. The largest absolute Gasteiger partial charge is 0.393 e. The Bertz CT molecular complexity index is 815. The van der Waals surface area contributed by atoms with Gasteiger partial charge in [0.2, 0.25) is 0 Å². The van der Waals surface area contributed by atoms with E-state index in [0.29, 0.717) is 12.5 Å². The highest BCUT2D eigenvalue weighted by Crippen LogP contribution is 2.36. The van der Waals surface area contributed by atoms with Crippen molar-refractivity contribution < 1.29 is 13.2 Å². The Balaban J connectivity index is 1.37. The molecule has 1 aromatic heterocycles. The molecule has 0 unspecified atom stereocenters. The Morgan fingerprint density at radius 3 is 2.61 bits per heavy atom. The van der Waals surface area contributed by atoms with Crippen molar-refractivity contribution >= 4 is 16.7 Å². The van der Waals surface area contributed by atoms with Crippen LogP contribution in [0.2, 0.25) is 0 Å². The van der Waals surface area contributed by atoms with Gasteiger partial charge in [0, 0.05) is 24.0 Å². The number of nitrogens with zero attached hydrogens (tertiary/aromatic N) is 3. The molecule has 0 amide bonds. The van der Waals surface area contributed by atoms with Gasteiger partial charge in [0.05, 0.1) is 11.4 Å². The van der Waals surface area contributed by atoms with Gasteiger partial charge in [0.25, 0.3) is 0 Å². The predicted octanol–water partition coefficient (Wildman–Crippen LogP) is 4.94. The molecule has 1 aliphatic heterocycles. The number of likely N-dealkylation sites (tertiary alicyclic amines) is 1. The highest BCUT2D eigenvalue weighted by atomic mass is 19.4. The van der Waals surface area contributed by atoms with Crippen molar-refractivity contribution in [3.8, 4) is 0 Å². The van der Waals surface area contributed by atoms with E-state index >= 15 is 0 Å². The Morgan fingerprint density at radius 2 is 1.86 bits per heavy atom. The number of halogens is 3. The number of aromatic nitrogens is 2. The maximum absolute atomic E-state index is 13.1. The van der Waals surface area contributed by atoms with Gasteiger partial charge in [-0.15, -0.1) is 0 Å². The molecular formula is C21H27F3N4. The van der Waals surface area contributed by atoms with E-state index in [1.807, 2.05) is 19.1 Å². The van der Waals surface area contributed by atoms with E-state index in [4.69, 9.17) is 0 Å². The molecule has 4 nitrogen and oxygen atoms in total. The van der Waals surface area contributed by atoms with Crippen molar-refractivity contribution in [2.75, 3.05) is 18.4 Å². The molecule has 1 saturated heterocycles. The monoisotopic (exact) mass is 392 g/mol. The molecule has 1 N–H and O–H groups in total. The van der Waals surface area contributed by atoms with Crippen LogP contribution in [0, 0.1) is 12.8 Å². The van der Waals surface area contributed by atoms with Crippen LogP contribution < -0.4 is 5.32 Å². The first-order chi connectivity index (χ1) is 13.4. The summed E-state index contributed by atoms with van der Waals surface area (Å²) >= 11 is 0. The molecule has 1 aliphatic carbocycles. The van der Waals surface area contributed by atoms with Crippen molar-refractivity contribution in [2.45, 2.75) is 63.7 Å². The van der Waals surface area contributed by atoms with Gasteiger partial charge in [-0.05, 0) is 64.1 Å². The standard InChI is InChI=1S/C21H27F3N4/c1-14-4-9-19-18(11-14)20(26-13-25-19)27-16-5-7-17(8-6-16)28-10-2-3-15(12-28)21(22,23)24/h4,9,11,13,15-17H,2-3,5-8,10,12H2,1H3,(H,25,26,27)/t15-,16?,17?/m0/s1. The molecule has 28 heavy (non-hydrogen) atoms. The topological polar surface area (TPSA) is 41.1 Å². The van der Waals surface area contributed by atoms with Gasteiger partial charge in [-0.2, -0.15) is 13.2 Å². The lowest BCUT2D eigenvalue weighted by Gasteiger charge is -2.42. The number of fused-ring (bicyclic) bond motifs is 1.